The van der Waals surface area contributed by atoms with Gasteiger partial charge in [-0.1, -0.05) is 37.3 Å². The quantitative estimate of drug-likeness (QED) is 0.566. The molecule has 1 atom stereocenters. The molecule has 1 N–H and O–H groups in total. The highest BCUT2D eigenvalue weighted by atomic mass is 16.5. The van der Waals surface area contributed by atoms with Gasteiger partial charge in [-0.15, -0.1) is 0 Å². The monoisotopic (exact) mass is 425 g/mol. The summed E-state index contributed by atoms with van der Waals surface area (Å²) in [4.78, 5) is 31.8. The number of hydrogen-bond acceptors (Lipinski definition) is 5. The fourth-order valence-electron chi connectivity index (χ4n) is 4.00. The number of benzene rings is 1. The largest absolute Gasteiger partial charge is 0.465 e. The Kier molecular flexibility index (Phi) is 9.03. The van der Waals surface area contributed by atoms with E-state index in [2.05, 4.69) is 42.9 Å². The van der Waals surface area contributed by atoms with Crippen molar-refractivity contribution in [3.63, 3.8) is 0 Å². The third kappa shape index (κ3) is 6.06. The van der Waals surface area contributed by atoms with Crippen molar-refractivity contribution in [3.05, 3.63) is 48.3 Å². The van der Waals surface area contributed by atoms with Gasteiger partial charge in [0, 0.05) is 29.5 Å². The third-order valence-corrected chi connectivity index (χ3v) is 5.18. The molecule has 6 nitrogen and oxygen atoms in total. The number of nitrogens with one attached hydrogen (secondary N) is 1. The number of nitrogens with zero attached hydrogens (tertiary/aromatic N) is 2. The van der Waals surface area contributed by atoms with E-state index in [9.17, 15) is 9.59 Å². The first-order valence-electron chi connectivity index (χ1n) is 11.1. The number of hydrogen-bond donors (Lipinski definition) is 1. The van der Waals surface area contributed by atoms with Crippen LogP contribution >= 0.6 is 0 Å². The number of anilines is 1. The van der Waals surface area contributed by atoms with Gasteiger partial charge in [-0.25, -0.2) is 0 Å². The van der Waals surface area contributed by atoms with Gasteiger partial charge < -0.3 is 15.0 Å². The zero-order chi connectivity index (χ0) is 23.0. The maximum absolute atomic E-state index is 13.0. The van der Waals surface area contributed by atoms with Gasteiger partial charge in [-0.3, -0.25) is 14.6 Å². The van der Waals surface area contributed by atoms with Crippen molar-refractivity contribution in [3.8, 4) is 11.1 Å². The minimum absolute atomic E-state index is 0.145. The molecule has 1 unspecified atom stereocenters. The molecule has 0 fully saturated rings. The molecule has 0 saturated carbocycles. The van der Waals surface area contributed by atoms with Gasteiger partial charge >= 0.3 is 5.97 Å². The van der Waals surface area contributed by atoms with Crippen LogP contribution in [0, 0.1) is 0 Å². The van der Waals surface area contributed by atoms with Crippen LogP contribution in [0.5, 0.6) is 0 Å². The van der Waals surface area contributed by atoms with Crippen molar-refractivity contribution in [1.82, 2.24) is 10.3 Å². The first kappa shape index (κ1) is 24.4. The molecule has 0 saturated heterocycles. The van der Waals surface area contributed by atoms with E-state index >= 15 is 0 Å². The van der Waals surface area contributed by atoms with Crippen molar-refractivity contribution in [2.75, 3.05) is 18.1 Å². The third-order valence-electron chi connectivity index (χ3n) is 5.18. The summed E-state index contributed by atoms with van der Waals surface area (Å²) in [5.74, 6) is -1.15. The number of pyridine rings is 1. The van der Waals surface area contributed by atoms with Gasteiger partial charge in [-0.05, 0) is 52.7 Å². The summed E-state index contributed by atoms with van der Waals surface area (Å²) in [7, 11) is 0. The second-order valence-electron chi connectivity index (χ2n) is 8.03. The first-order valence-corrected chi connectivity index (χ1v) is 11.1. The molecule has 0 aliphatic heterocycles. The number of carbonyl (C=O) groups is 2. The van der Waals surface area contributed by atoms with Crippen molar-refractivity contribution in [1.29, 1.82) is 0 Å². The smallest absolute Gasteiger partial charge is 0.325 e. The number of aromatic nitrogens is 1. The van der Waals surface area contributed by atoms with Crippen LogP contribution in [0.15, 0.2) is 42.6 Å². The average molecular weight is 426 g/mol. The Bertz CT molecular complexity index is 858. The molecule has 1 amide bonds. The van der Waals surface area contributed by atoms with Crippen LogP contribution in [0.3, 0.4) is 0 Å². The van der Waals surface area contributed by atoms with Crippen LogP contribution < -0.4 is 10.2 Å². The molecule has 2 aromatic rings. The van der Waals surface area contributed by atoms with Crippen molar-refractivity contribution < 1.29 is 14.3 Å². The van der Waals surface area contributed by atoms with Gasteiger partial charge in [0.15, 0.2) is 0 Å². The predicted molar refractivity (Wildman–Crippen MR) is 125 cm³/mol. The van der Waals surface area contributed by atoms with Crippen LogP contribution in [-0.4, -0.2) is 42.1 Å². The summed E-state index contributed by atoms with van der Waals surface area (Å²) in [5, 5.41) is 2.72. The van der Waals surface area contributed by atoms with E-state index in [1.165, 1.54) is 0 Å². The van der Waals surface area contributed by atoms with E-state index in [-0.39, 0.29) is 31.1 Å². The molecule has 1 heterocycles. The highest BCUT2D eigenvalue weighted by Gasteiger charge is 2.28. The molecule has 0 spiro atoms. The molecule has 1 aromatic carbocycles. The summed E-state index contributed by atoms with van der Waals surface area (Å²) in [5.41, 5.74) is 3.75. The summed E-state index contributed by atoms with van der Waals surface area (Å²) in [6, 6.07) is 12.6. The van der Waals surface area contributed by atoms with Crippen LogP contribution in [0.4, 0.5) is 5.69 Å². The summed E-state index contributed by atoms with van der Waals surface area (Å²) in [6.45, 7) is 12.5. The fourth-order valence-corrected chi connectivity index (χ4v) is 4.00. The Hall–Kier alpha value is -2.89. The lowest BCUT2D eigenvalue weighted by Crippen LogP contribution is -2.38. The Labute approximate surface area is 186 Å². The highest BCUT2D eigenvalue weighted by molar-refractivity contribution is 5.91. The molecule has 0 aliphatic rings. The molecular formula is C25H35N3O3. The summed E-state index contributed by atoms with van der Waals surface area (Å²) < 4.78 is 4.93. The van der Waals surface area contributed by atoms with E-state index in [1.807, 2.05) is 43.3 Å². The van der Waals surface area contributed by atoms with E-state index in [4.69, 9.17) is 4.74 Å². The van der Waals surface area contributed by atoms with Gasteiger partial charge in [0.1, 0.15) is 6.54 Å². The molecule has 6 heteroatoms. The molecule has 0 aliphatic carbocycles. The molecule has 168 valence electrons. The van der Waals surface area contributed by atoms with Crippen molar-refractivity contribution >= 4 is 17.6 Å². The summed E-state index contributed by atoms with van der Waals surface area (Å²) in [6.07, 6.45) is 2.34. The van der Waals surface area contributed by atoms with E-state index in [1.54, 1.807) is 13.1 Å². The molecule has 1 aromatic heterocycles. The van der Waals surface area contributed by atoms with E-state index < -0.39 is 11.9 Å². The maximum Gasteiger partial charge on any atom is 0.325 e. The fraction of sp³-hybridized carbons (Fsp3) is 0.480. The lowest BCUT2D eigenvalue weighted by atomic mass is 9.90. The average Bonchev–Trinajstić information content (AvgIpc) is 2.73. The molecule has 0 bridgehead atoms. The Balaban J connectivity index is 2.56. The minimum atomic E-state index is -0.481. The predicted octanol–water partition coefficient (Wildman–Crippen LogP) is 4.54. The zero-order valence-electron chi connectivity index (χ0n) is 19.5. The SMILES string of the molecule is CCOC(=O)CNC(=O)C(CC)c1nccc(N(C(C)C)C(C)C)c1-c1ccccc1. The number of rotatable bonds is 10. The van der Waals surface area contributed by atoms with Crippen LogP contribution in [0.25, 0.3) is 11.1 Å². The number of ether oxygens (including phenoxy) is 1. The van der Waals surface area contributed by atoms with Crippen LogP contribution in [0.2, 0.25) is 0 Å². The molecule has 0 radical (unpaired) electrons. The van der Waals surface area contributed by atoms with Crippen molar-refractivity contribution in [2.24, 2.45) is 0 Å². The lowest BCUT2D eigenvalue weighted by molar-refractivity contribution is -0.143. The van der Waals surface area contributed by atoms with Crippen LogP contribution in [0.1, 0.15) is 59.6 Å². The molecule has 31 heavy (non-hydrogen) atoms. The minimum Gasteiger partial charge on any atom is -0.465 e. The standard InChI is InChI=1S/C25H35N3O3/c1-7-20(25(30)27-16-22(29)31-8-2)24-23(19-12-10-9-11-13-19)21(14-15-26-24)28(17(3)4)18(5)6/h9-15,17-18,20H,7-8,16H2,1-6H3,(H,27,30). The van der Waals surface area contributed by atoms with Gasteiger partial charge in [0.2, 0.25) is 5.91 Å². The second-order valence-corrected chi connectivity index (χ2v) is 8.03. The number of esters is 1. The second kappa shape index (κ2) is 11.5. The topological polar surface area (TPSA) is 71.5 Å². The Morgan fingerprint density at radius 1 is 1.03 bits per heavy atom. The number of amides is 1. The van der Waals surface area contributed by atoms with E-state index in [0.29, 0.717) is 6.42 Å². The Morgan fingerprint density at radius 3 is 2.23 bits per heavy atom. The van der Waals surface area contributed by atoms with Gasteiger partial charge in [-0.2, -0.15) is 0 Å². The summed E-state index contributed by atoms with van der Waals surface area (Å²) >= 11 is 0. The van der Waals surface area contributed by atoms with Gasteiger partial charge in [0.05, 0.1) is 18.2 Å². The zero-order valence-corrected chi connectivity index (χ0v) is 19.5. The van der Waals surface area contributed by atoms with Gasteiger partial charge in [0.25, 0.3) is 0 Å². The molecule has 2 rings (SSSR count). The van der Waals surface area contributed by atoms with E-state index in [0.717, 1.165) is 22.5 Å². The first-order chi connectivity index (χ1) is 14.8. The normalized spacial score (nSPS) is 12.0. The van der Waals surface area contributed by atoms with Crippen LogP contribution in [-0.2, 0) is 14.3 Å². The van der Waals surface area contributed by atoms with Crippen molar-refractivity contribution in [2.45, 2.75) is 66.0 Å². The number of carbonyl (C=O) groups excluding carboxylic acids is 2. The Morgan fingerprint density at radius 2 is 1.68 bits per heavy atom. The lowest BCUT2D eigenvalue weighted by Gasteiger charge is -2.35. The highest BCUT2D eigenvalue weighted by Crippen LogP contribution is 2.39. The maximum atomic E-state index is 13.0. The molecular weight excluding hydrogens is 390 g/mol.